The van der Waals surface area contributed by atoms with Crippen molar-refractivity contribution in [1.29, 1.82) is 0 Å². The number of carbonyl (C=O) groups excluding carboxylic acids is 1. The van der Waals surface area contributed by atoms with Gasteiger partial charge in [-0.25, -0.2) is 4.98 Å². The van der Waals surface area contributed by atoms with Crippen LogP contribution in [0.4, 0.5) is 0 Å². The number of nitrogens with zero attached hydrogens (tertiary/aromatic N) is 1. The van der Waals surface area contributed by atoms with Gasteiger partial charge in [0.2, 0.25) is 0 Å². The Hall–Kier alpha value is -3.14. The van der Waals surface area contributed by atoms with Gasteiger partial charge >= 0.3 is 5.97 Å². The van der Waals surface area contributed by atoms with Gasteiger partial charge in [-0.15, -0.1) is 6.58 Å². The highest BCUT2D eigenvalue weighted by Crippen LogP contribution is 2.32. The first-order valence-electron chi connectivity index (χ1n) is 9.04. The lowest BCUT2D eigenvalue weighted by atomic mass is 10.1. The van der Waals surface area contributed by atoms with Crippen LogP contribution in [0.15, 0.2) is 77.2 Å². The highest BCUT2D eigenvalue weighted by molar-refractivity contribution is 5.77. The number of oxazole rings is 1. The molecule has 0 aliphatic carbocycles. The van der Waals surface area contributed by atoms with Gasteiger partial charge in [-0.3, -0.25) is 4.79 Å². The highest BCUT2D eigenvalue weighted by Gasteiger charge is 2.17. The van der Waals surface area contributed by atoms with Crippen LogP contribution in [-0.2, 0) is 16.0 Å². The summed E-state index contributed by atoms with van der Waals surface area (Å²) < 4.78 is 11.2. The monoisotopic (exact) mass is 361 g/mol. The fourth-order valence-electron chi connectivity index (χ4n) is 2.67. The van der Waals surface area contributed by atoms with Crippen molar-refractivity contribution in [1.82, 2.24) is 4.98 Å². The van der Waals surface area contributed by atoms with Crippen molar-refractivity contribution in [2.75, 3.05) is 6.61 Å². The second-order valence-electron chi connectivity index (χ2n) is 6.44. The molecular formula is C23H23NO3. The van der Waals surface area contributed by atoms with Crippen LogP contribution in [0.2, 0.25) is 0 Å². The van der Waals surface area contributed by atoms with E-state index in [9.17, 15) is 4.79 Å². The Morgan fingerprint density at radius 1 is 1.00 bits per heavy atom. The Kier molecular flexibility index (Phi) is 6.21. The normalized spacial score (nSPS) is 10.6. The first kappa shape index (κ1) is 18.6. The van der Waals surface area contributed by atoms with Crippen molar-refractivity contribution in [3.05, 3.63) is 78.7 Å². The van der Waals surface area contributed by atoms with Crippen molar-refractivity contribution in [3.8, 4) is 22.6 Å². The van der Waals surface area contributed by atoms with E-state index in [0.717, 1.165) is 22.4 Å². The third-order valence-corrected chi connectivity index (χ3v) is 4.09. The molecule has 0 unspecified atom stereocenters. The smallest absolute Gasteiger partial charge is 0.306 e. The third kappa shape index (κ3) is 5.17. The van der Waals surface area contributed by atoms with Gasteiger partial charge < -0.3 is 9.15 Å². The van der Waals surface area contributed by atoms with E-state index in [1.807, 2.05) is 67.6 Å². The first-order valence-corrected chi connectivity index (χ1v) is 9.04. The van der Waals surface area contributed by atoms with Gasteiger partial charge in [-0.2, -0.15) is 0 Å². The van der Waals surface area contributed by atoms with Crippen molar-refractivity contribution in [2.45, 2.75) is 26.2 Å². The second-order valence-corrected chi connectivity index (χ2v) is 6.44. The molecule has 0 saturated heterocycles. The quantitative estimate of drug-likeness (QED) is 0.395. The zero-order chi connectivity index (χ0) is 19.1. The maximum atomic E-state index is 11.9. The molecule has 0 N–H and O–H groups in total. The average Bonchev–Trinajstić information content (AvgIpc) is 3.12. The molecule has 4 nitrogen and oxygen atoms in total. The lowest BCUT2D eigenvalue weighted by Gasteiger charge is -2.03. The van der Waals surface area contributed by atoms with Gasteiger partial charge in [0.25, 0.3) is 0 Å². The summed E-state index contributed by atoms with van der Waals surface area (Å²) in [5.41, 5.74) is 3.72. The summed E-state index contributed by atoms with van der Waals surface area (Å²) in [5.74, 6) is 0.994. The number of rotatable bonds is 8. The minimum absolute atomic E-state index is 0.235. The van der Waals surface area contributed by atoms with Gasteiger partial charge in [0.05, 0.1) is 13.0 Å². The first-order chi connectivity index (χ1) is 13.1. The molecule has 0 aliphatic heterocycles. The molecule has 3 aromatic rings. The predicted octanol–water partition coefficient (Wildman–Crippen LogP) is 5.45. The minimum atomic E-state index is -0.253. The van der Waals surface area contributed by atoms with E-state index in [0.29, 0.717) is 31.1 Å². The molecule has 2 aromatic carbocycles. The molecule has 3 rings (SSSR count). The van der Waals surface area contributed by atoms with E-state index in [1.54, 1.807) is 0 Å². The predicted molar refractivity (Wildman–Crippen MR) is 106 cm³/mol. The second kappa shape index (κ2) is 8.99. The molecule has 1 heterocycles. The topological polar surface area (TPSA) is 52.3 Å². The molecule has 0 amide bonds. The fourth-order valence-corrected chi connectivity index (χ4v) is 2.67. The van der Waals surface area contributed by atoms with Gasteiger partial charge in [0.15, 0.2) is 11.7 Å². The van der Waals surface area contributed by atoms with Crippen LogP contribution in [0.1, 0.15) is 25.7 Å². The standard InChI is InChI=1S/C23H23NO3/c1-17(2)15-16-26-21(25)14-13-20-24-22(18-9-5-3-6-10-18)23(27-20)19-11-7-4-8-12-19/h3-12H,1,13-16H2,2H3. The van der Waals surface area contributed by atoms with Gasteiger partial charge in [0.1, 0.15) is 5.69 Å². The molecule has 138 valence electrons. The zero-order valence-corrected chi connectivity index (χ0v) is 15.5. The van der Waals surface area contributed by atoms with E-state index in [1.165, 1.54) is 0 Å². The van der Waals surface area contributed by atoms with Crippen LogP contribution in [0.3, 0.4) is 0 Å². The summed E-state index contributed by atoms with van der Waals surface area (Å²) >= 11 is 0. The number of aryl methyl sites for hydroxylation is 1. The highest BCUT2D eigenvalue weighted by atomic mass is 16.5. The molecule has 4 heteroatoms. The molecule has 0 radical (unpaired) electrons. The molecule has 0 aliphatic rings. The summed E-state index contributed by atoms with van der Waals surface area (Å²) in [5, 5.41) is 0. The van der Waals surface area contributed by atoms with E-state index < -0.39 is 0 Å². The third-order valence-electron chi connectivity index (χ3n) is 4.09. The van der Waals surface area contributed by atoms with Crippen LogP contribution in [-0.4, -0.2) is 17.6 Å². The number of carbonyl (C=O) groups is 1. The Balaban J connectivity index is 1.76. The Morgan fingerprint density at radius 2 is 1.63 bits per heavy atom. The summed E-state index contributed by atoms with van der Waals surface area (Å²) in [6, 6.07) is 19.8. The van der Waals surface area contributed by atoms with E-state index in [2.05, 4.69) is 11.6 Å². The number of hydrogen-bond donors (Lipinski definition) is 0. The van der Waals surface area contributed by atoms with Crippen LogP contribution in [0.25, 0.3) is 22.6 Å². The fraction of sp³-hybridized carbons (Fsp3) is 0.217. The van der Waals surface area contributed by atoms with Gasteiger partial charge in [-0.05, 0) is 6.92 Å². The van der Waals surface area contributed by atoms with Gasteiger partial charge in [-0.1, -0.05) is 66.2 Å². The Bertz CT molecular complexity index is 841. The lowest BCUT2D eigenvalue weighted by molar-refractivity contribution is -0.143. The Morgan fingerprint density at radius 3 is 2.26 bits per heavy atom. The molecular weight excluding hydrogens is 338 g/mol. The summed E-state index contributed by atoms with van der Waals surface area (Å²) in [4.78, 5) is 16.6. The van der Waals surface area contributed by atoms with Crippen LogP contribution in [0, 0.1) is 0 Å². The molecule has 0 spiro atoms. The maximum Gasteiger partial charge on any atom is 0.306 e. The van der Waals surface area contributed by atoms with Crippen LogP contribution >= 0.6 is 0 Å². The minimum Gasteiger partial charge on any atom is -0.465 e. The molecule has 0 saturated carbocycles. The van der Waals surface area contributed by atoms with Crippen LogP contribution < -0.4 is 0 Å². The lowest BCUT2D eigenvalue weighted by Crippen LogP contribution is -2.07. The molecule has 0 atom stereocenters. The van der Waals surface area contributed by atoms with Crippen LogP contribution in [0.5, 0.6) is 0 Å². The van der Waals surface area contributed by atoms with Crippen molar-refractivity contribution < 1.29 is 13.9 Å². The Labute approximate surface area is 159 Å². The summed E-state index contributed by atoms with van der Waals surface area (Å²) in [6.45, 7) is 6.08. The largest absolute Gasteiger partial charge is 0.465 e. The summed E-state index contributed by atoms with van der Waals surface area (Å²) in [6.07, 6.45) is 1.32. The number of esters is 1. The van der Waals surface area contributed by atoms with E-state index in [4.69, 9.17) is 9.15 Å². The van der Waals surface area contributed by atoms with Crippen molar-refractivity contribution in [2.24, 2.45) is 0 Å². The number of aromatic nitrogens is 1. The van der Waals surface area contributed by atoms with E-state index >= 15 is 0 Å². The molecule has 0 bridgehead atoms. The van der Waals surface area contributed by atoms with Gasteiger partial charge in [0, 0.05) is 24.0 Å². The SMILES string of the molecule is C=C(C)CCOC(=O)CCc1nc(-c2ccccc2)c(-c2ccccc2)o1. The number of benzene rings is 2. The maximum absolute atomic E-state index is 11.9. The summed E-state index contributed by atoms with van der Waals surface area (Å²) in [7, 11) is 0. The average molecular weight is 361 g/mol. The van der Waals surface area contributed by atoms with E-state index in [-0.39, 0.29) is 12.4 Å². The molecule has 1 aromatic heterocycles. The molecule has 27 heavy (non-hydrogen) atoms. The number of hydrogen-bond acceptors (Lipinski definition) is 4. The zero-order valence-electron chi connectivity index (χ0n) is 15.5. The van der Waals surface area contributed by atoms with Crippen molar-refractivity contribution >= 4 is 5.97 Å². The molecule has 0 fully saturated rings. The van der Waals surface area contributed by atoms with Crippen molar-refractivity contribution in [3.63, 3.8) is 0 Å². The number of ether oxygens (including phenoxy) is 1.